The molecule has 17 heavy (non-hydrogen) atoms. The molecule has 0 aliphatic heterocycles. The average molecular weight is 226 g/mol. The number of rotatable bonds is 4. The quantitative estimate of drug-likeness (QED) is 0.593. The number of carbonyl (C=O) groups is 1. The molecule has 1 aromatic carbocycles. The van der Waals surface area contributed by atoms with Crippen molar-refractivity contribution in [3.63, 3.8) is 0 Å². The van der Waals surface area contributed by atoms with Crippen LogP contribution < -0.4 is 0 Å². The van der Waals surface area contributed by atoms with Gasteiger partial charge in [0, 0.05) is 18.3 Å². The second-order valence-electron chi connectivity index (χ2n) is 3.66. The number of nitrogens with zero attached hydrogens (tertiary/aromatic N) is 2. The Kier molecular flexibility index (Phi) is 3.50. The van der Waals surface area contributed by atoms with Gasteiger partial charge in [-0.3, -0.25) is 9.48 Å². The Hall–Kier alpha value is -2.16. The van der Waals surface area contributed by atoms with Gasteiger partial charge in [0.25, 0.3) is 0 Å². The van der Waals surface area contributed by atoms with Crippen molar-refractivity contribution in [1.82, 2.24) is 9.78 Å². The molecule has 0 N–H and O–H groups in total. The fourth-order valence-electron chi connectivity index (χ4n) is 1.50. The van der Waals surface area contributed by atoms with Crippen LogP contribution in [-0.2, 0) is 6.54 Å². The summed E-state index contributed by atoms with van der Waals surface area (Å²) < 4.78 is 1.83. The fraction of sp³-hybridized carbons (Fsp3) is 0.143. The minimum atomic E-state index is -0.00310. The van der Waals surface area contributed by atoms with E-state index in [2.05, 4.69) is 5.10 Å². The molecule has 0 radical (unpaired) electrons. The van der Waals surface area contributed by atoms with Crippen LogP contribution in [0.1, 0.15) is 23.0 Å². The summed E-state index contributed by atoms with van der Waals surface area (Å²) in [7, 11) is 0. The van der Waals surface area contributed by atoms with Crippen LogP contribution in [0.2, 0.25) is 0 Å². The van der Waals surface area contributed by atoms with Crippen molar-refractivity contribution >= 4 is 11.9 Å². The summed E-state index contributed by atoms with van der Waals surface area (Å²) in [6, 6.07) is 11.1. The first-order valence-corrected chi connectivity index (χ1v) is 5.60. The summed E-state index contributed by atoms with van der Waals surface area (Å²) in [5.74, 6) is -0.00310. The van der Waals surface area contributed by atoms with Crippen LogP contribution in [0.3, 0.4) is 0 Å². The third kappa shape index (κ3) is 2.91. The SMILES string of the molecule is CCn1ccc(C=CC(=O)c2ccccc2)n1. The van der Waals surface area contributed by atoms with E-state index in [9.17, 15) is 4.79 Å². The van der Waals surface area contributed by atoms with Gasteiger partial charge in [0.15, 0.2) is 5.78 Å². The van der Waals surface area contributed by atoms with Gasteiger partial charge < -0.3 is 0 Å². The highest BCUT2D eigenvalue weighted by Gasteiger charge is 2.00. The van der Waals surface area contributed by atoms with E-state index in [1.165, 1.54) is 0 Å². The number of hydrogen-bond acceptors (Lipinski definition) is 2. The molecule has 2 rings (SSSR count). The van der Waals surface area contributed by atoms with Gasteiger partial charge in [-0.15, -0.1) is 0 Å². The van der Waals surface area contributed by atoms with E-state index < -0.39 is 0 Å². The summed E-state index contributed by atoms with van der Waals surface area (Å²) >= 11 is 0. The number of carbonyl (C=O) groups excluding carboxylic acids is 1. The van der Waals surface area contributed by atoms with Crippen molar-refractivity contribution in [3.8, 4) is 0 Å². The Balaban J connectivity index is 2.08. The summed E-state index contributed by atoms with van der Waals surface area (Å²) in [5, 5.41) is 4.27. The first-order valence-electron chi connectivity index (χ1n) is 5.60. The van der Waals surface area contributed by atoms with E-state index in [1.54, 1.807) is 24.3 Å². The Morgan fingerprint density at radius 3 is 2.71 bits per heavy atom. The summed E-state index contributed by atoms with van der Waals surface area (Å²) in [6.45, 7) is 2.86. The van der Waals surface area contributed by atoms with E-state index in [-0.39, 0.29) is 5.78 Å². The summed E-state index contributed by atoms with van der Waals surface area (Å²) in [6.07, 6.45) is 5.19. The van der Waals surface area contributed by atoms with Crippen LogP contribution in [0.4, 0.5) is 0 Å². The lowest BCUT2D eigenvalue weighted by molar-refractivity contribution is 0.104. The highest BCUT2D eigenvalue weighted by Crippen LogP contribution is 2.04. The number of hydrogen-bond donors (Lipinski definition) is 0. The predicted molar refractivity (Wildman–Crippen MR) is 67.7 cm³/mol. The van der Waals surface area contributed by atoms with Crippen molar-refractivity contribution < 1.29 is 4.79 Å². The zero-order chi connectivity index (χ0) is 12.1. The van der Waals surface area contributed by atoms with E-state index in [1.807, 2.05) is 42.1 Å². The van der Waals surface area contributed by atoms with Crippen LogP contribution >= 0.6 is 0 Å². The summed E-state index contributed by atoms with van der Waals surface area (Å²) in [5.41, 5.74) is 1.50. The molecular weight excluding hydrogens is 212 g/mol. The van der Waals surface area contributed by atoms with Gasteiger partial charge in [-0.1, -0.05) is 30.3 Å². The van der Waals surface area contributed by atoms with Crippen LogP contribution in [0, 0.1) is 0 Å². The third-order valence-corrected chi connectivity index (χ3v) is 2.45. The van der Waals surface area contributed by atoms with E-state index in [0.29, 0.717) is 5.56 Å². The fourth-order valence-corrected chi connectivity index (χ4v) is 1.50. The summed E-state index contributed by atoms with van der Waals surface area (Å²) in [4.78, 5) is 11.8. The van der Waals surface area contributed by atoms with Crippen molar-refractivity contribution in [3.05, 3.63) is 59.9 Å². The number of aryl methyl sites for hydroxylation is 1. The first-order chi connectivity index (χ1) is 8.29. The highest BCUT2D eigenvalue weighted by atomic mass is 16.1. The molecule has 0 fully saturated rings. The van der Waals surface area contributed by atoms with Crippen molar-refractivity contribution in [2.24, 2.45) is 0 Å². The molecule has 0 saturated carbocycles. The largest absolute Gasteiger partial charge is 0.289 e. The number of benzene rings is 1. The van der Waals surface area contributed by atoms with Crippen LogP contribution in [-0.4, -0.2) is 15.6 Å². The molecule has 3 heteroatoms. The van der Waals surface area contributed by atoms with Crippen LogP contribution in [0.15, 0.2) is 48.7 Å². The molecular formula is C14H14N2O. The molecule has 3 nitrogen and oxygen atoms in total. The van der Waals surface area contributed by atoms with Crippen LogP contribution in [0.5, 0.6) is 0 Å². The maximum Gasteiger partial charge on any atom is 0.185 e. The maximum atomic E-state index is 11.8. The zero-order valence-corrected chi connectivity index (χ0v) is 9.71. The minimum Gasteiger partial charge on any atom is -0.289 e. The van der Waals surface area contributed by atoms with Crippen molar-refractivity contribution in [2.45, 2.75) is 13.5 Å². The van der Waals surface area contributed by atoms with Gasteiger partial charge in [0.05, 0.1) is 5.69 Å². The van der Waals surface area contributed by atoms with Gasteiger partial charge in [0.1, 0.15) is 0 Å². The molecule has 0 atom stereocenters. The smallest absolute Gasteiger partial charge is 0.185 e. The minimum absolute atomic E-state index is 0.00310. The van der Waals surface area contributed by atoms with Crippen LogP contribution in [0.25, 0.3) is 6.08 Å². The molecule has 1 aromatic heterocycles. The predicted octanol–water partition coefficient (Wildman–Crippen LogP) is 2.80. The first kappa shape index (κ1) is 11.3. The highest BCUT2D eigenvalue weighted by molar-refractivity contribution is 6.06. The normalized spacial score (nSPS) is 10.9. The molecule has 2 aromatic rings. The van der Waals surface area contributed by atoms with Gasteiger partial charge in [0.2, 0.25) is 0 Å². The Morgan fingerprint density at radius 1 is 1.29 bits per heavy atom. The van der Waals surface area contributed by atoms with E-state index >= 15 is 0 Å². The molecule has 0 saturated heterocycles. The van der Waals surface area contributed by atoms with Gasteiger partial charge in [-0.25, -0.2) is 0 Å². The monoisotopic (exact) mass is 226 g/mol. The van der Waals surface area contributed by atoms with Crippen molar-refractivity contribution in [1.29, 1.82) is 0 Å². The molecule has 1 heterocycles. The second kappa shape index (κ2) is 5.25. The third-order valence-electron chi connectivity index (χ3n) is 2.45. The van der Waals surface area contributed by atoms with Gasteiger partial charge in [-0.05, 0) is 25.1 Å². The lowest BCUT2D eigenvalue weighted by atomic mass is 10.1. The molecule has 0 spiro atoms. The standard InChI is InChI=1S/C14H14N2O/c1-2-16-11-10-13(15-16)8-9-14(17)12-6-4-3-5-7-12/h3-11H,2H2,1H3. The maximum absolute atomic E-state index is 11.8. The number of aromatic nitrogens is 2. The topological polar surface area (TPSA) is 34.9 Å². The number of ketones is 1. The van der Waals surface area contributed by atoms with E-state index in [0.717, 1.165) is 12.2 Å². The lowest BCUT2D eigenvalue weighted by Gasteiger charge is -1.93. The molecule has 0 amide bonds. The Labute approximate surface area is 100 Å². The van der Waals surface area contributed by atoms with E-state index in [4.69, 9.17) is 0 Å². The molecule has 0 aliphatic carbocycles. The van der Waals surface area contributed by atoms with Crippen molar-refractivity contribution in [2.75, 3.05) is 0 Å². The molecule has 86 valence electrons. The Bertz CT molecular complexity index is 526. The number of allylic oxidation sites excluding steroid dienone is 1. The second-order valence-corrected chi connectivity index (χ2v) is 3.66. The van der Waals surface area contributed by atoms with Gasteiger partial charge >= 0.3 is 0 Å². The molecule has 0 unspecified atom stereocenters. The molecule has 0 bridgehead atoms. The lowest BCUT2D eigenvalue weighted by Crippen LogP contribution is -1.95. The van der Waals surface area contributed by atoms with Gasteiger partial charge in [-0.2, -0.15) is 5.10 Å². The molecule has 0 aliphatic rings. The Morgan fingerprint density at radius 2 is 2.06 bits per heavy atom. The average Bonchev–Trinajstić information content (AvgIpc) is 2.85. The zero-order valence-electron chi connectivity index (χ0n) is 9.71.